The molecule has 0 radical (unpaired) electrons. The van der Waals surface area contributed by atoms with Crippen LogP contribution in [0.15, 0.2) is 23.1 Å². The molecule has 118 valence electrons. The van der Waals surface area contributed by atoms with Crippen LogP contribution in [0.1, 0.15) is 37.0 Å². The third kappa shape index (κ3) is 3.54. The van der Waals surface area contributed by atoms with Crippen molar-refractivity contribution in [1.29, 1.82) is 0 Å². The molecule has 0 aromatic heterocycles. The van der Waals surface area contributed by atoms with Gasteiger partial charge in [-0.3, -0.25) is 0 Å². The van der Waals surface area contributed by atoms with Crippen molar-refractivity contribution in [2.24, 2.45) is 0 Å². The largest absolute Gasteiger partial charge is 0.465 e. The van der Waals surface area contributed by atoms with Gasteiger partial charge < -0.3 is 10.5 Å². The number of anilines is 1. The summed E-state index contributed by atoms with van der Waals surface area (Å²) in [6.45, 7) is 3.84. The van der Waals surface area contributed by atoms with Gasteiger partial charge in [0.25, 0.3) is 0 Å². The number of ether oxygens (including phenoxy) is 1. The summed E-state index contributed by atoms with van der Waals surface area (Å²) in [5.74, 6) is -0.723. The van der Waals surface area contributed by atoms with E-state index in [-0.39, 0.29) is 16.5 Å². The van der Waals surface area contributed by atoms with Crippen molar-refractivity contribution in [3.05, 3.63) is 23.8 Å². The number of methoxy groups -OCH3 is 1. The highest BCUT2D eigenvalue weighted by Gasteiger charge is 2.30. The van der Waals surface area contributed by atoms with Crippen LogP contribution in [0.4, 0.5) is 5.69 Å². The van der Waals surface area contributed by atoms with Gasteiger partial charge in [0.2, 0.25) is 10.0 Å². The number of nitrogens with zero attached hydrogens (tertiary/aromatic N) is 1. The number of nitrogen functional groups attached to an aromatic ring is 1. The molecular weight excluding hydrogens is 292 g/mol. The van der Waals surface area contributed by atoms with E-state index in [1.165, 1.54) is 36.7 Å². The van der Waals surface area contributed by atoms with Gasteiger partial charge in [-0.05, 0) is 31.0 Å². The zero-order chi connectivity index (χ0) is 16.2. The molecule has 0 saturated heterocycles. The van der Waals surface area contributed by atoms with E-state index in [2.05, 4.69) is 4.74 Å². The molecule has 2 N–H and O–H groups in total. The molecular formula is C14H22N2O4S. The van der Waals surface area contributed by atoms with Crippen LogP contribution in [0.5, 0.6) is 0 Å². The van der Waals surface area contributed by atoms with Crippen LogP contribution in [0.3, 0.4) is 0 Å². The van der Waals surface area contributed by atoms with E-state index in [1.807, 2.05) is 13.8 Å². The van der Waals surface area contributed by atoms with Crippen LogP contribution in [0, 0.1) is 0 Å². The van der Waals surface area contributed by atoms with Crippen LogP contribution in [-0.2, 0) is 14.8 Å². The van der Waals surface area contributed by atoms with Gasteiger partial charge in [0, 0.05) is 18.8 Å². The quantitative estimate of drug-likeness (QED) is 0.639. The Kier molecular flexibility index (Phi) is 5.74. The van der Waals surface area contributed by atoms with Crippen LogP contribution < -0.4 is 5.73 Å². The Morgan fingerprint density at radius 1 is 1.33 bits per heavy atom. The zero-order valence-electron chi connectivity index (χ0n) is 12.8. The molecule has 0 fully saturated rings. The van der Waals surface area contributed by atoms with Gasteiger partial charge in [0.15, 0.2) is 0 Å². The molecule has 0 aliphatic heterocycles. The molecule has 0 saturated carbocycles. The molecule has 1 rings (SSSR count). The van der Waals surface area contributed by atoms with Gasteiger partial charge in [-0.15, -0.1) is 0 Å². The van der Waals surface area contributed by atoms with E-state index in [4.69, 9.17) is 5.73 Å². The molecule has 0 amide bonds. The lowest BCUT2D eigenvalue weighted by Crippen LogP contribution is -2.37. The second-order valence-electron chi connectivity index (χ2n) is 4.74. The first-order valence-corrected chi connectivity index (χ1v) is 8.19. The summed E-state index contributed by atoms with van der Waals surface area (Å²) >= 11 is 0. The number of benzene rings is 1. The SMILES string of the molecule is CCC(CC)N(C)S(=O)(=O)c1ccc(N)cc1C(=O)OC. The number of nitrogens with two attached hydrogens (primary N) is 1. The predicted molar refractivity (Wildman–Crippen MR) is 81.5 cm³/mol. The molecule has 0 bridgehead atoms. The molecule has 0 heterocycles. The predicted octanol–water partition coefficient (Wildman–Crippen LogP) is 1.86. The Balaban J connectivity index is 3.41. The van der Waals surface area contributed by atoms with Gasteiger partial charge in [-0.25, -0.2) is 13.2 Å². The third-order valence-electron chi connectivity index (χ3n) is 3.52. The molecule has 7 heteroatoms. The molecule has 0 aliphatic carbocycles. The second-order valence-corrected chi connectivity index (χ2v) is 6.70. The lowest BCUT2D eigenvalue weighted by atomic mass is 10.2. The van der Waals surface area contributed by atoms with Gasteiger partial charge in [-0.1, -0.05) is 13.8 Å². The van der Waals surface area contributed by atoms with Gasteiger partial charge in [0.05, 0.1) is 17.6 Å². The number of rotatable bonds is 6. The fourth-order valence-electron chi connectivity index (χ4n) is 2.20. The Morgan fingerprint density at radius 2 is 1.90 bits per heavy atom. The topological polar surface area (TPSA) is 89.7 Å². The van der Waals surface area contributed by atoms with Crippen molar-refractivity contribution in [2.45, 2.75) is 37.6 Å². The monoisotopic (exact) mass is 314 g/mol. The maximum Gasteiger partial charge on any atom is 0.339 e. The fraction of sp³-hybridized carbons (Fsp3) is 0.500. The van der Waals surface area contributed by atoms with Crippen molar-refractivity contribution in [1.82, 2.24) is 4.31 Å². The van der Waals surface area contributed by atoms with E-state index >= 15 is 0 Å². The van der Waals surface area contributed by atoms with E-state index < -0.39 is 16.0 Å². The first-order valence-electron chi connectivity index (χ1n) is 6.75. The fourth-order valence-corrected chi connectivity index (χ4v) is 3.86. The summed E-state index contributed by atoms with van der Waals surface area (Å²) in [5.41, 5.74) is 5.89. The number of carbonyl (C=O) groups is 1. The minimum atomic E-state index is -3.79. The molecule has 0 spiro atoms. The first-order chi connectivity index (χ1) is 9.79. The van der Waals surface area contributed by atoms with Crippen molar-refractivity contribution in [2.75, 3.05) is 19.9 Å². The van der Waals surface area contributed by atoms with Crippen LogP contribution in [0.25, 0.3) is 0 Å². The summed E-state index contributed by atoms with van der Waals surface area (Å²) in [7, 11) is -1.07. The molecule has 1 aromatic carbocycles. The van der Waals surface area contributed by atoms with E-state index in [1.54, 1.807) is 0 Å². The number of esters is 1. The molecule has 1 aromatic rings. The maximum atomic E-state index is 12.7. The lowest BCUT2D eigenvalue weighted by Gasteiger charge is -2.26. The molecule has 0 aliphatic rings. The van der Waals surface area contributed by atoms with Gasteiger partial charge >= 0.3 is 5.97 Å². The standard InChI is InChI=1S/C14H22N2O4S/c1-5-11(6-2)16(3)21(18,19)13-8-7-10(15)9-12(13)14(17)20-4/h7-9,11H,5-6,15H2,1-4H3. The minimum Gasteiger partial charge on any atom is -0.465 e. The Morgan fingerprint density at radius 3 is 2.38 bits per heavy atom. The summed E-state index contributed by atoms with van der Waals surface area (Å²) in [6.07, 6.45) is 1.38. The normalized spacial score (nSPS) is 11.9. The maximum absolute atomic E-state index is 12.7. The molecule has 0 unspecified atom stereocenters. The van der Waals surface area contributed by atoms with Crippen molar-refractivity contribution in [3.8, 4) is 0 Å². The van der Waals surface area contributed by atoms with Crippen LogP contribution >= 0.6 is 0 Å². The Labute approximate surface area is 125 Å². The van der Waals surface area contributed by atoms with E-state index in [0.717, 1.165) is 0 Å². The van der Waals surface area contributed by atoms with Crippen LogP contribution in [-0.4, -0.2) is 38.9 Å². The Hall–Kier alpha value is -1.60. The smallest absolute Gasteiger partial charge is 0.339 e. The number of hydrogen-bond donors (Lipinski definition) is 1. The van der Waals surface area contributed by atoms with E-state index in [9.17, 15) is 13.2 Å². The van der Waals surface area contributed by atoms with Crippen molar-refractivity contribution in [3.63, 3.8) is 0 Å². The summed E-state index contributed by atoms with van der Waals surface area (Å²) < 4.78 is 31.4. The highest BCUT2D eigenvalue weighted by atomic mass is 32.2. The van der Waals surface area contributed by atoms with Gasteiger partial charge in [-0.2, -0.15) is 4.31 Å². The van der Waals surface area contributed by atoms with E-state index in [0.29, 0.717) is 18.5 Å². The lowest BCUT2D eigenvalue weighted by molar-refractivity contribution is 0.0596. The summed E-state index contributed by atoms with van der Waals surface area (Å²) in [4.78, 5) is 11.7. The zero-order valence-corrected chi connectivity index (χ0v) is 13.6. The van der Waals surface area contributed by atoms with Crippen molar-refractivity contribution < 1.29 is 17.9 Å². The molecule has 21 heavy (non-hydrogen) atoms. The second kappa shape index (κ2) is 6.91. The average Bonchev–Trinajstić information content (AvgIpc) is 2.47. The van der Waals surface area contributed by atoms with Crippen LogP contribution in [0.2, 0.25) is 0 Å². The highest BCUT2D eigenvalue weighted by molar-refractivity contribution is 7.89. The van der Waals surface area contributed by atoms with Gasteiger partial charge in [0.1, 0.15) is 0 Å². The third-order valence-corrected chi connectivity index (χ3v) is 5.49. The number of sulfonamides is 1. The minimum absolute atomic E-state index is 0.0460. The van der Waals surface area contributed by atoms with Crippen molar-refractivity contribution >= 4 is 21.7 Å². The molecule has 0 atom stereocenters. The average molecular weight is 314 g/mol. The number of hydrogen-bond acceptors (Lipinski definition) is 5. The summed E-state index contributed by atoms with van der Waals surface area (Å²) in [6, 6.07) is 3.99. The number of carbonyl (C=O) groups excluding carboxylic acids is 1. The first kappa shape index (κ1) is 17.5. The Bertz CT molecular complexity index is 609. The highest BCUT2D eigenvalue weighted by Crippen LogP contribution is 2.25. The summed E-state index contributed by atoms with van der Waals surface area (Å²) in [5, 5.41) is 0. The molecule has 6 nitrogen and oxygen atoms in total.